The molecule has 0 saturated heterocycles. The third kappa shape index (κ3) is 9.94. The van der Waals surface area contributed by atoms with Crippen LogP contribution in [0.4, 0.5) is 0 Å². The van der Waals surface area contributed by atoms with E-state index >= 15 is 0 Å². The number of hydrogen-bond donors (Lipinski definition) is 3. The highest BCUT2D eigenvalue weighted by atomic mass is 127. The van der Waals surface area contributed by atoms with Gasteiger partial charge in [0.25, 0.3) is 0 Å². The van der Waals surface area contributed by atoms with Gasteiger partial charge >= 0.3 is 0 Å². The highest BCUT2D eigenvalue weighted by Gasteiger charge is 2.17. The van der Waals surface area contributed by atoms with Crippen LogP contribution in [0.1, 0.15) is 39.0 Å². The fourth-order valence-electron chi connectivity index (χ4n) is 2.56. The van der Waals surface area contributed by atoms with Crippen LogP contribution in [-0.2, 0) is 9.59 Å². The van der Waals surface area contributed by atoms with Gasteiger partial charge in [0, 0.05) is 40.2 Å². The van der Waals surface area contributed by atoms with Crippen molar-refractivity contribution < 1.29 is 9.59 Å². The summed E-state index contributed by atoms with van der Waals surface area (Å²) in [6, 6.07) is 0. The summed E-state index contributed by atoms with van der Waals surface area (Å²) in [5.41, 5.74) is 0. The van der Waals surface area contributed by atoms with Crippen molar-refractivity contribution in [1.82, 2.24) is 20.9 Å². The van der Waals surface area contributed by atoms with Gasteiger partial charge in [0.05, 0.1) is 0 Å². The van der Waals surface area contributed by atoms with E-state index in [1.54, 1.807) is 14.1 Å². The molecule has 24 heavy (non-hydrogen) atoms. The summed E-state index contributed by atoms with van der Waals surface area (Å²) < 4.78 is 0. The fourth-order valence-corrected chi connectivity index (χ4v) is 2.56. The molecule has 0 heterocycles. The first-order valence-electron chi connectivity index (χ1n) is 8.52. The summed E-state index contributed by atoms with van der Waals surface area (Å²) in [6.07, 6.45) is 5.53. The van der Waals surface area contributed by atoms with Gasteiger partial charge in [-0.1, -0.05) is 12.8 Å². The number of hydrogen-bond acceptors (Lipinski definition) is 3. The van der Waals surface area contributed by atoms with E-state index in [1.807, 2.05) is 6.92 Å². The van der Waals surface area contributed by atoms with Gasteiger partial charge < -0.3 is 20.9 Å². The molecule has 0 aromatic rings. The zero-order valence-corrected chi connectivity index (χ0v) is 17.4. The van der Waals surface area contributed by atoms with Crippen LogP contribution in [0.2, 0.25) is 0 Å². The first-order valence-corrected chi connectivity index (χ1v) is 8.52. The third-order valence-electron chi connectivity index (χ3n) is 3.90. The summed E-state index contributed by atoms with van der Waals surface area (Å²) >= 11 is 0. The normalized spacial score (nSPS) is 14.7. The Labute approximate surface area is 162 Å². The lowest BCUT2D eigenvalue weighted by molar-refractivity contribution is -0.127. The molecule has 1 aliphatic rings. The van der Waals surface area contributed by atoms with Gasteiger partial charge in [0.15, 0.2) is 5.96 Å². The second kappa shape index (κ2) is 13.3. The topological polar surface area (TPSA) is 85.8 Å². The molecule has 0 unspecified atom stereocenters. The van der Waals surface area contributed by atoms with E-state index in [9.17, 15) is 9.59 Å². The molecule has 0 bridgehead atoms. The van der Waals surface area contributed by atoms with Crippen LogP contribution in [0.3, 0.4) is 0 Å². The number of likely N-dealkylation sites (N-methyl/N-ethyl adjacent to an activating group) is 1. The number of carbonyl (C=O) groups excluding carboxylic acids is 2. The predicted octanol–water partition coefficient (Wildman–Crippen LogP) is 0.944. The molecule has 0 radical (unpaired) electrons. The van der Waals surface area contributed by atoms with E-state index in [-0.39, 0.29) is 42.3 Å². The third-order valence-corrected chi connectivity index (χ3v) is 3.90. The van der Waals surface area contributed by atoms with Crippen molar-refractivity contribution in [3.63, 3.8) is 0 Å². The van der Waals surface area contributed by atoms with E-state index in [1.165, 1.54) is 30.6 Å². The number of aliphatic imine (C=N–C) groups is 1. The lowest BCUT2D eigenvalue weighted by Gasteiger charge is -2.13. The second-order valence-corrected chi connectivity index (χ2v) is 6.11. The fraction of sp³-hybridized carbons (Fsp3) is 0.812. The van der Waals surface area contributed by atoms with Crippen molar-refractivity contribution in [3.05, 3.63) is 0 Å². The zero-order valence-electron chi connectivity index (χ0n) is 15.1. The molecule has 1 fully saturated rings. The SMILES string of the molecule is CCNC(=NCC(=O)N(C)C)NCCNC(=O)CC1CCCC1.I. The van der Waals surface area contributed by atoms with Crippen LogP contribution in [0.15, 0.2) is 4.99 Å². The molecule has 3 N–H and O–H groups in total. The zero-order chi connectivity index (χ0) is 17.1. The molecular formula is C16H32IN5O2. The van der Waals surface area contributed by atoms with Crippen molar-refractivity contribution in [2.24, 2.45) is 10.9 Å². The number of nitrogens with one attached hydrogen (secondary N) is 3. The number of nitrogens with zero attached hydrogens (tertiary/aromatic N) is 2. The maximum absolute atomic E-state index is 11.8. The van der Waals surface area contributed by atoms with E-state index in [4.69, 9.17) is 0 Å². The van der Waals surface area contributed by atoms with Crippen LogP contribution in [0.5, 0.6) is 0 Å². The number of rotatable bonds is 8. The molecule has 7 nitrogen and oxygen atoms in total. The summed E-state index contributed by atoms with van der Waals surface area (Å²) in [5.74, 6) is 1.24. The van der Waals surface area contributed by atoms with Crippen molar-refractivity contribution in [2.75, 3.05) is 40.3 Å². The van der Waals surface area contributed by atoms with Crippen LogP contribution < -0.4 is 16.0 Å². The van der Waals surface area contributed by atoms with Gasteiger partial charge in [-0.05, 0) is 25.7 Å². The van der Waals surface area contributed by atoms with Gasteiger partial charge in [0.2, 0.25) is 11.8 Å². The van der Waals surface area contributed by atoms with Crippen LogP contribution in [0.25, 0.3) is 0 Å². The van der Waals surface area contributed by atoms with Crippen molar-refractivity contribution in [3.8, 4) is 0 Å². The Kier molecular flexibility index (Phi) is 12.7. The average molecular weight is 453 g/mol. The summed E-state index contributed by atoms with van der Waals surface area (Å²) in [5, 5.41) is 9.13. The molecule has 1 rings (SSSR count). The van der Waals surface area contributed by atoms with E-state index < -0.39 is 0 Å². The Morgan fingerprint density at radius 3 is 2.29 bits per heavy atom. The number of halogens is 1. The summed E-state index contributed by atoms with van der Waals surface area (Å²) in [4.78, 5) is 29.1. The highest BCUT2D eigenvalue weighted by Crippen LogP contribution is 2.27. The van der Waals surface area contributed by atoms with Crippen LogP contribution in [-0.4, -0.2) is 62.9 Å². The lowest BCUT2D eigenvalue weighted by atomic mass is 10.0. The standard InChI is InChI=1S/C16H31N5O2.HI/c1-4-17-16(20-12-15(23)21(2)3)19-10-9-18-14(22)11-13-7-5-6-8-13;/h13H,4-12H2,1-3H3,(H,18,22)(H2,17,19,20);1H. The van der Waals surface area contributed by atoms with Gasteiger partial charge in [-0.15, -0.1) is 24.0 Å². The molecule has 0 aromatic carbocycles. The van der Waals surface area contributed by atoms with Crippen molar-refractivity contribution >= 4 is 41.8 Å². The van der Waals surface area contributed by atoms with Crippen LogP contribution in [0, 0.1) is 5.92 Å². The summed E-state index contributed by atoms with van der Waals surface area (Å²) in [6.45, 7) is 3.93. The van der Waals surface area contributed by atoms with E-state index in [0.29, 0.717) is 31.4 Å². The number of carbonyl (C=O) groups is 2. The van der Waals surface area contributed by atoms with Crippen molar-refractivity contribution in [2.45, 2.75) is 39.0 Å². The largest absolute Gasteiger partial charge is 0.357 e. The number of guanidine groups is 1. The molecule has 2 amide bonds. The first kappa shape index (κ1) is 22.9. The molecule has 1 saturated carbocycles. The Hall–Kier alpha value is -1.06. The molecular weight excluding hydrogens is 421 g/mol. The highest BCUT2D eigenvalue weighted by molar-refractivity contribution is 14.0. The smallest absolute Gasteiger partial charge is 0.243 e. The van der Waals surface area contributed by atoms with E-state index in [2.05, 4.69) is 20.9 Å². The molecule has 140 valence electrons. The maximum Gasteiger partial charge on any atom is 0.243 e. The minimum absolute atomic E-state index is 0. The molecule has 0 atom stereocenters. The second-order valence-electron chi connectivity index (χ2n) is 6.11. The van der Waals surface area contributed by atoms with Gasteiger partial charge in [-0.2, -0.15) is 0 Å². The van der Waals surface area contributed by atoms with Crippen LogP contribution >= 0.6 is 24.0 Å². The minimum Gasteiger partial charge on any atom is -0.357 e. The Balaban J connectivity index is 0.00000529. The molecule has 1 aliphatic carbocycles. The molecule has 0 aromatic heterocycles. The molecule has 0 aliphatic heterocycles. The van der Waals surface area contributed by atoms with Crippen molar-refractivity contribution in [1.29, 1.82) is 0 Å². The maximum atomic E-state index is 11.8. The quantitative estimate of drug-likeness (QED) is 0.221. The van der Waals surface area contributed by atoms with E-state index in [0.717, 1.165) is 6.54 Å². The lowest BCUT2D eigenvalue weighted by Crippen LogP contribution is -2.42. The minimum atomic E-state index is -0.0490. The first-order chi connectivity index (χ1) is 11.0. The molecule has 8 heteroatoms. The Morgan fingerprint density at radius 2 is 1.71 bits per heavy atom. The average Bonchev–Trinajstić information content (AvgIpc) is 3.01. The monoisotopic (exact) mass is 453 g/mol. The number of amides is 2. The summed E-state index contributed by atoms with van der Waals surface area (Å²) in [7, 11) is 3.41. The Morgan fingerprint density at radius 1 is 1.08 bits per heavy atom. The van der Waals surface area contributed by atoms with Gasteiger partial charge in [0.1, 0.15) is 6.54 Å². The van der Waals surface area contributed by atoms with Gasteiger partial charge in [-0.3, -0.25) is 9.59 Å². The predicted molar refractivity (Wildman–Crippen MR) is 108 cm³/mol. The molecule has 0 spiro atoms. The Bertz CT molecular complexity index is 409. The van der Waals surface area contributed by atoms with Gasteiger partial charge in [-0.25, -0.2) is 4.99 Å².